The number of aryl methyl sites for hydroxylation is 1. The summed E-state index contributed by atoms with van der Waals surface area (Å²) < 4.78 is 168. The molecule has 1 aromatic heterocycles. The van der Waals surface area contributed by atoms with Crippen LogP contribution in [0.25, 0.3) is 33.7 Å². The van der Waals surface area contributed by atoms with Crippen LogP contribution < -0.4 is 9.47 Å². The molecule has 1 aliphatic rings. The number of ether oxygens (including phenoxy) is 2. The zero-order valence-corrected chi connectivity index (χ0v) is 40.3. The lowest BCUT2D eigenvalue weighted by Crippen LogP contribution is -2.48. The highest BCUT2D eigenvalue weighted by molar-refractivity contribution is 6.44. The number of alkyl halides is 10. The minimum absolute atomic E-state index is 0.0173. The third kappa shape index (κ3) is 10.7. The lowest BCUT2D eigenvalue weighted by atomic mass is 9.85. The lowest BCUT2D eigenvalue weighted by molar-refractivity contribution is -0.295. The Labute approximate surface area is 406 Å². The van der Waals surface area contributed by atoms with Gasteiger partial charge in [-0.2, -0.15) is 43.9 Å². The number of hydrogen-bond acceptors (Lipinski definition) is 5. The number of rotatable bonds is 14. The van der Waals surface area contributed by atoms with Gasteiger partial charge in [0.1, 0.15) is 24.7 Å². The van der Waals surface area contributed by atoms with Crippen molar-refractivity contribution in [1.29, 1.82) is 0 Å². The SMILES string of the molecule is COc1cccc(OC)c1/C(=C1/N=C(c2ccc(C)cc2)c2ccccc21)c1c(-c2ccc(C(C)(C)C)cc2)cc(-c2ccc(C(C)(C)C)cc2)n1B(OCC(F)(F)C(F)(F)F)OCC(F)(F)C(F)(F)F. The molecule has 17 heteroatoms. The Morgan fingerprint density at radius 1 is 0.535 bits per heavy atom. The molecule has 5 aromatic carbocycles. The molecular formula is C54H51BF10N2O4. The molecule has 0 N–H and O–H groups in total. The van der Waals surface area contributed by atoms with Crippen molar-refractivity contribution in [1.82, 2.24) is 4.48 Å². The molecule has 0 unspecified atom stereocenters. The van der Waals surface area contributed by atoms with Gasteiger partial charge in [0.15, 0.2) is 0 Å². The average molecular weight is 993 g/mol. The second kappa shape index (κ2) is 19.4. The number of aliphatic imine (C=N–C) groups is 1. The van der Waals surface area contributed by atoms with Gasteiger partial charge in [-0.3, -0.25) is 0 Å². The van der Waals surface area contributed by atoms with Crippen LogP contribution in [0.1, 0.15) is 86.2 Å². The highest BCUT2D eigenvalue weighted by Gasteiger charge is 2.60. The maximum atomic E-state index is 15.1. The minimum Gasteiger partial charge on any atom is -0.496 e. The monoisotopic (exact) mass is 992 g/mol. The Hall–Kier alpha value is -6.33. The summed E-state index contributed by atoms with van der Waals surface area (Å²) >= 11 is 0. The van der Waals surface area contributed by atoms with Crippen LogP contribution in [0.4, 0.5) is 43.9 Å². The summed E-state index contributed by atoms with van der Waals surface area (Å²) in [6, 6.07) is 34.5. The Morgan fingerprint density at radius 2 is 0.986 bits per heavy atom. The number of methoxy groups -OCH3 is 2. The van der Waals surface area contributed by atoms with Crippen molar-refractivity contribution in [3.63, 3.8) is 0 Å². The first-order chi connectivity index (χ1) is 33.1. The number of nitrogens with zero attached hydrogens (tertiary/aromatic N) is 2. The van der Waals surface area contributed by atoms with Gasteiger partial charge >= 0.3 is 31.5 Å². The van der Waals surface area contributed by atoms with Gasteiger partial charge in [0.2, 0.25) is 0 Å². The molecule has 7 rings (SSSR count). The standard InChI is InChI=1S/C54H51BF10N2O4/c1-32-17-19-35(20-18-32)46-38-13-10-11-14-39(38)47(66-46)45(44-42(68-8)15-12-16-43(44)69-9)48-40(33-21-25-36(26-22-33)49(2,3)4)29-41(34-23-27-37(28-24-34)50(5,6)7)67(48)55(70-30-51(56,57)53(60,61)62)71-31-52(58,59)54(63,64)65/h10-29H,30-31H2,1-9H3/b47-45-. The third-order valence-corrected chi connectivity index (χ3v) is 12.1. The van der Waals surface area contributed by atoms with Crippen molar-refractivity contribution >= 4 is 24.2 Å². The maximum absolute atomic E-state index is 15.1. The minimum atomic E-state index is -6.24. The van der Waals surface area contributed by atoms with E-state index < -0.39 is 50.1 Å². The highest BCUT2D eigenvalue weighted by atomic mass is 19.4. The van der Waals surface area contributed by atoms with Crippen LogP contribution in [0.15, 0.2) is 126 Å². The third-order valence-electron chi connectivity index (χ3n) is 12.1. The Morgan fingerprint density at radius 3 is 1.44 bits per heavy atom. The van der Waals surface area contributed by atoms with Crippen LogP contribution in [0.3, 0.4) is 0 Å². The molecule has 6 nitrogen and oxygen atoms in total. The molecule has 0 spiro atoms. The van der Waals surface area contributed by atoms with E-state index in [2.05, 4.69) is 0 Å². The lowest BCUT2D eigenvalue weighted by Gasteiger charge is -2.28. The molecule has 71 heavy (non-hydrogen) atoms. The number of fused-ring (bicyclic) bond motifs is 1. The molecule has 0 bridgehead atoms. The molecule has 0 saturated carbocycles. The highest BCUT2D eigenvalue weighted by Crippen LogP contribution is 2.51. The van der Waals surface area contributed by atoms with Gasteiger partial charge in [0.25, 0.3) is 0 Å². The first kappa shape index (κ1) is 52.5. The fourth-order valence-corrected chi connectivity index (χ4v) is 8.14. The van der Waals surface area contributed by atoms with E-state index >= 15 is 17.6 Å². The maximum Gasteiger partial charge on any atom is 0.598 e. The Bertz CT molecular complexity index is 2890. The Balaban J connectivity index is 1.73. The summed E-state index contributed by atoms with van der Waals surface area (Å²) in [6.45, 7) is 8.53. The van der Waals surface area contributed by atoms with Crippen LogP contribution in [0.2, 0.25) is 0 Å². The van der Waals surface area contributed by atoms with E-state index in [-0.39, 0.29) is 56.3 Å². The van der Waals surface area contributed by atoms with Crippen molar-refractivity contribution in [2.75, 3.05) is 27.4 Å². The van der Waals surface area contributed by atoms with Gasteiger partial charge < -0.3 is 23.3 Å². The smallest absolute Gasteiger partial charge is 0.496 e. The predicted octanol–water partition coefficient (Wildman–Crippen LogP) is 14.8. The molecule has 0 saturated heterocycles. The molecule has 0 atom stereocenters. The zero-order valence-electron chi connectivity index (χ0n) is 40.3. The van der Waals surface area contributed by atoms with Gasteiger partial charge in [-0.1, -0.05) is 150 Å². The molecule has 6 aromatic rings. The fourth-order valence-electron chi connectivity index (χ4n) is 8.14. The normalized spacial score (nSPS) is 14.3. The number of hydrogen-bond donors (Lipinski definition) is 0. The zero-order chi connectivity index (χ0) is 52.1. The van der Waals surface area contributed by atoms with Gasteiger partial charge in [-0.05, 0) is 58.2 Å². The number of halogens is 10. The average Bonchev–Trinajstić information content (AvgIpc) is 3.88. The summed E-state index contributed by atoms with van der Waals surface area (Å²) in [5.41, 5.74) is 4.77. The van der Waals surface area contributed by atoms with E-state index in [1.807, 2.05) is 84.9 Å². The summed E-state index contributed by atoms with van der Waals surface area (Å²) in [7, 11) is -0.157. The van der Waals surface area contributed by atoms with E-state index in [0.717, 1.165) is 21.2 Å². The van der Waals surface area contributed by atoms with Gasteiger partial charge in [0, 0.05) is 33.5 Å². The van der Waals surface area contributed by atoms with E-state index in [9.17, 15) is 26.3 Å². The molecule has 0 aliphatic carbocycles. The summed E-state index contributed by atoms with van der Waals surface area (Å²) in [4.78, 5) is 5.25. The largest absolute Gasteiger partial charge is 0.598 e. The van der Waals surface area contributed by atoms with Crippen LogP contribution in [0, 0.1) is 6.92 Å². The van der Waals surface area contributed by atoms with Crippen molar-refractivity contribution in [2.24, 2.45) is 4.99 Å². The van der Waals surface area contributed by atoms with Crippen molar-refractivity contribution in [3.8, 4) is 33.9 Å². The van der Waals surface area contributed by atoms with Crippen LogP contribution in [-0.4, -0.2) is 69.1 Å². The second-order valence-electron chi connectivity index (χ2n) is 19.3. The van der Waals surface area contributed by atoms with Gasteiger partial charge in [-0.15, -0.1) is 0 Å². The van der Waals surface area contributed by atoms with Crippen LogP contribution >= 0.6 is 0 Å². The summed E-state index contributed by atoms with van der Waals surface area (Å²) in [5, 5.41) is 0. The molecule has 0 fully saturated rings. The number of benzene rings is 5. The summed E-state index contributed by atoms with van der Waals surface area (Å²) in [6.07, 6.45) is -12.5. The first-order valence-electron chi connectivity index (χ1n) is 22.4. The fraction of sp³-hybridized carbons (Fsp3) is 0.315. The van der Waals surface area contributed by atoms with Crippen LogP contribution in [-0.2, 0) is 20.1 Å². The predicted molar refractivity (Wildman–Crippen MR) is 256 cm³/mol. The Kier molecular flexibility index (Phi) is 14.3. The van der Waals surface area contributed by atoms with E-state index in [4.69, 9.17) is 23.8 Å². The summed E-state index contributed by atoms with van der Waals surface area (Å²) in [5.74, 6) is -11.1. The van der Waals surface area contributed by atoms with Gasteiger partial charge in [0.05, 0.1) is 36.9 Å². The molecule has 374 valence electrons. The molecule has 0 amide bonds. The number of aromatic nitrogens is 1. The van der Waals surface area contributed by atoms with E-state index in [1.54, 1.807) is 78.9 Å². The molecule has 0 radical (unpaired) electrons. The van der Waals surface area contributed by atoms with E-state index in [1.165, 1.54) is 20.3 Å². The van der Waals surface area contributed by atoms with Gasteiger partial charge in [-0.25, -0.2) is 4.99 Å². The molecular weight excluding hydrogens is 941 g/mol. The quantitative estimate of drug-likeness (QED) is 0.0806. The molecule has 2 heterocycles. The van der Waals surface area contributed by atoms with Crippen LogP contribution in [0.5, 0.6) is 11.5 Å². The van der Waals surface area contributed by atoms with Crippen molar-refractivity contribution in [2.45, 2.75) is 83.5 Å². The molecule has 1 aliphatic heterocycles. The topological polar surface area (TPSA) is 54.2 Å². The van der Waals surface area contributed by atoms with Crippen molar-refractivity contribution < 1.29 is 62.7 Å². The van der Waals surface area contributed by atoms with Crippen molar-refractivity contribution in [3.05, 3.63) is 166 Å². The first-order valence-corrected chi connectivity index (χ1v) is 22.4. The second-order valence-corrected chi connectivity index (χ2v) is 19.3. The van der Waals surface area contributed by atoms with E-state index in [0.29, 0.717) is 28.0 Å².